The molecule has 0 radical (unpaired) electrons. The first kappa shape index (κ1) is 17.8. The fraction of sp³-hybridized carbons (Fsp3) is 0. The molecule has 7 rings (SSSR count). The van der Waals surface area contributed by atoms with Gasteiger partial charge in [0.25, 0.3) is 0 Å². The molecule has 0 bridgehead atoms. The Kier molecular flexibility index (Phi) is 3.78. The van der Waals surface area contributed by atoms with E-state index in [-0.39, 0.29) is 0 Å². The maximum Gasteiger partial charge on any atom is 0.0541 e. The minimum absolute atomic E-state index is 1.19. The van der Waals surface area contributed by atoms with Crippen LogP contribution in [0.3, 0.4) is 0 Å². The highest BCUT2D eigenvalue weighted by atomic mass is 32.1. The zero-order chi connectivity index (χ0) is 21.1. The number of aromatic nitrogens is 1. The van der Waals surface area contributed by atoms with Crippen LogP contribution in [-0.2, 0) is 0 Å². The van der Waals surface area contributed by atoms with Gasteiger partial charge < -0.3 is 4.57 Å². The molecule has 7 aromatic rings. The van der Waals surface area contributed by atoms with E-state index in [0.717, 1.165) is 0 Å². The third-order valence-electron chi connectivity index (χ3n) is 6.40. The molecule has 0 saturated heterocycles. The summed E-state index contributed by atoms with van der Waals surface area (Å²) >= 11 is 1.87. The number of benzene rings is 5. The molecule has 0 fully saturated rings. The van der Waals surface area contributed by atoms with Crippen molar-refractivity contribution in [1.29, 1.82) is 0 Å². The number of rotatable bonds is 2. The Morgan fingerprint density at radius 2 is 1.09 bits per heavy atom. The molecule has 2 heteroatoms. The van der Waals surface area contributed by atoms with Gasteiger partial charge in [0.2, 0.25) is 0 Å². The minimum atomic E-state index is 1.19. The molecule has 0 atom stereocenters. The van der Waals surface area contributed by atoms with Gasteiger partial charge in [-0.15, -0.1) is 11.3 Å². The second-order valence-corrected chi connectivity index (χ2v) is 9.31. The number of para-hydroxylation sites is 2. The number of fused-ring (bicyclic) bond motifs is 6. The highest BCUT2D eigenvalue weighted by molar-refractivity contribution is 7.25. The van der Waals surface area contributed by atoms with Crippen molar-refractivity contribution in [3.8, 4) is 16.8 Å². The summed E-state index contributed by atoms with van der Waals surface area (Å²) in [6, 6.07) is 41.8. The van der Waals surface area contributed by atoms with E-state index in [0.29, 0.717) is 0 Å². The summed E-state index contributed by atoms with van der Waals surface area (Å²) in [5, 5.41) is 5.27. The molecule has 2 aromatic heterocycles. The number of hydrogen-bond donors (Lipinski definition) is 0. The summed E-state index contributed by atoms with van der Waals surface area (Å²) in [4.78, 5) is 0. The molecule has 0 amide bonds. The van der Waals surface area contributed by atoms with Gasteiger partial charge in [-0.1, -0.05) is 72.8 Å². The van der Waals surface area contributed by atoms with Gasteiger partial charge >= 0.3 is 0 Å². The smallest absolute Gasteiger partial charge is 0.0541 e. The zero-order valence-electron chi connectivity index (χ0n) is 17.3. The maximum absolute atomic E-state index is 2.36. The van der Waals surface area contributed by atoms with Gasteiger partial charge in [0.15, 0.2) is 0 Å². The van der Waals surface area contributed by atoms with Crippen molar-refractivity contribution in [3.05, 3.63) is 115 Å². The molecular formula is C30H19NS. The molecule has 150 valence electrons. The zero-order valence-corrected chi connectivity index (χ0v) is 18.1. The van der Waals surface area contributed by atoms with Crippen LogP contribution in [0.4, 0.5) is 0 Å². The van der Waals surface area contributed by atoms with E-state index in [4.69, 9.17) is 0 Å². The molecule has 0 saturated carbocycles. The van der Waals surface area contributed by atoms with Gasteiger partial charge in [0.05, 0.1) is 11.0 Å². The lowest BCUT2D eigenvalue weighted by molar-refractivity contribution is 1.18. The molecular weight excluding hydrogens is 406 g/mol. The largest absolute Gasteiger partial charge is 0.309 e. The summed E-state index contributed by atoms with van der Waals surface area (Å²) in [6.07, 6.45) is 0. The first-order valence-electron chi connectivity index (χ1n) is 10.9. The average molecular weight is 426 g/mol. The fourth-order valence-corrected chi connectivity index (χ4v) is 6.06. The van der Waals surface area contributed by atoms with E-state index in [1.807, 2.05) is 11.3 Å². The highest BCUT2D eigenvalue weighted by Gasteiger charge is 2.13. The molecule has 5 aromatic carbocycles. The second-order valence-electron chi connectivity index (χ2n) is 8.23. The van der Waals surface area contributed by atoms with E-state index in [1.54, 1.807) is 0 Å². The van der Waals surface area contributed by atoms with E-state index < -0.39 is 0 Å². The van der Waals surface area contributed by atoms with Gasteiger partial charge in [-0.3, -0.25) is 0 Å². The Labute approximate surface area is 189 Å². The van der Waals surface area contributed by atoms with Gasteiger partial charge in [-0.2, -0.15) is 0 Å². The monoisotopic (exact) mass is 425 g/mol. The molecule has 0 aliphatic heterocycles. The van der Waals surface area contributed by atoms with Crippen LogP contribution < -0.4 is 0 Å². The molecule has 2 heterocycles. The predicted octanol–water partition coefficient (Wildman–Crippen LogP) is 8.82. The Hall–Kier alpha value is -3.88. The average Bonchev–Trinajstić information content (AvgIpc) is 3.39. The molecule has 1 nitrogen and oxygen atoms in total. The van der Waals surface area contributed by atoms with Gasteiger partial charge in [0, 0.05) is 36.6 Å². The van der Waals surface area contributed by atoms with E-state index in [9.17, 15) is 0 Å². The van der Waals surface area contributed by atoms with Crippen molar-refractivity contribution in [2.24, 2.45) is 0 Å². The Morgan fingerprint density at radius 1 is 0.438 bits per heavy atom. The van der Waals surface area contributed by atoms with Crippen LogP contribution in [0.15, 0.2) is 115 Å². The molecule has 0 N–H and O–H groups in total. The molecule has 0 aliphatic carbocycles. The normalized spacial score (nSPS) is 11.8. The van der Waals surface area contributed by atoms with Gasteiger partial charge in [0.1, 0.15) is 0 Å². The SMILES string of the molecule is c1ccc(-n2c3ccccc3c3cc(-c4ccc5c(c4)sc4ccccc45)ccc32)cc1. The Morgan fingerprint density at radius 3 is 2.00 bits per heavy atom. The molecule has 0 spiro atoms. The number of nitrogens with zero attached hydrogens (tertiary/aromatic N) is 1. The number of hydrogen-bond acceptors (Lipinski definition) is 1. The third-order valence-corrected chi connectivity index (χ3v) is 7.53. The van der Waals surface area contributed by atoms with Crippen molar-refractivity contribution in [3.63, 3.8) is 0 Å². The van der Waals surface area contributed by atoms with Crippen molar-refractivity contribution >= 4 is 53.3 Å². The van der Waals surface area contributed by atoms with Gasteiger partial charge in [-0.05, 0) is 53.6 Å². The summed E-state index contributed by atoms with van der Waals surface area (Å²) in [7, 11) is 0. The summed E-state index contributed by atoms with van der Waals surface area (Å²) in [5.41, 5.74) is 6.20. The summed E-state index contributed by atoms with van der Waals surface area (Å²) < 4.78 is 5.06. The number of thiophene rings is 1. The lowest BCUT2D eigenvalue weighted by atomic mass is 10.0. The molecule has 32 heavy (non-hydrogen) atoms. The molecule has 0 aliphatic rings. The summed E-state index contributed by atoms with van der Waals surface area (Å²) in [5.74, 6) is 0. The third kappa shape index (κ3) is 2.57. The predicted molar refractivity (Wildman–Crippen MR) is 139 cm³/mol. The van der Waals surface area contributed by atoms with Crippen LogP contribution in [0.1, 0.15) is 0 Å². The quantitative estimate of drug-likeness (QED) is 0.261. The van der Waals surface area contributed by atoms with Crippen LogP contribution in [0, 0.1) is 0 Å². The highest BCUT2D eigenvalue weighted by Crippen LogP contribution is 2.38. The van der Waals surface area contributed by atoms with Crippen LogP contribution in [0.25, 0.3) is 58.8 Å². The molecule has 0 unspecified atom stereocenters. The van der Waals surface area contributed by atoms with Crippen LogP contribution in [-0.4, -0.2) is 4.57 Å². The van der Waals surface area contributed by atoms with Crippen molar-refractivity contribution in [2.45, 2.75) is 0 Å². The topological polar surface area (TPSA) is 4.93 Å². The Bertz CT molecular complexity index is 1770. The summed E-state index contributed by atoms with van der Waals surface area (Å²) in [6.45, 7) is 0. The standard InChI is InChI=1S/C30H19NS/c1-2-8-22(9-3-1)31-27-12-6-4-10-23(27)26-18-20(15-17-28(26)31)21-14-16-25-24-11-5-7-13-29(24)32-30(25)19-21/h1-19H. The van der Waals surface area contributed by atoms with E-state index >= 15 is 0 Å². The van der Waals surface area contributed by atoms with Crippen LogP contribution in [0.2, 0.25) is 0 Å². The lowest BCUT2D eigenvalue weighted by Gasteiger charge is -2.08. The van der Waals surface area contributed by atoms with Gasteiger partial charge in [-0.25, -0.2) is 0 Å². The maximum atomic E-state index is 2.36. The van der Waals surface area contributed by atoms with Crippen LogP contribution >= 0.6 is 11.3 Å². The van der Waals surface area contributed by atoms with E-state index in [1.165, 1.54) is 58.8 Å². The van der Waals surface area contributed by atoms with Crippen molar-refractivity contribution in [1.82, 2.24) is 4.57 Å². The first-order chi connectivity index (χ1) is 15.9. The van der Waals surface area contributed by atoms with Crippen molar-refractivity contribution < 1.29 is 0 Å². The van der Waals surface area contributed by atoms with E-state index in [2.05, 4.69) is 120 Å². The fourth-order valence-electron chi connectivity index (χ4n) is 4.91. The Balaban J connectivity index is 1.47. The van der Waals surface area contributed by atoms with Crippen LogP contribution in [0.5, 0.6) is 0 Å². The minimum Gasteiger partial charge on any atom is -0.309 e. The van der Waals surface area contributed by atoms with Crippen molar-refractivity contribution in [2.75, 3.05) is 0 Å². The first-order valence-corrected chi connectivity index (χ1v) is 11.7. The second kappa shape index (κ2) is 6.81. The lowest BCUT2D eigenvalue weighted by Crippen LogP contribution is -1.92.